The fourth-order valence-corrected chi connectivity index (χ4v) is 8.80. The Morgan fingerprint density at radius 3 is 0.806 bits per heavy atom. The summed E-state index contributed by atoms with van der Waals surface area (Å²) in [4.78, 5) is 0. The molecule has 0 unspecified atom stereocenters. The quantitative estimate of drug-likeness (QED) is 0.0921. The third-order valence-corrected chi connectivity index (χ3v) is 10.2. The molecule has 0 bridgehead atoms. The first-order chi connectivity index (χ1) is 14.9. The molecule has 4 aromatic carbocycles. The number of rotatable bonds is 7. The maximum Gasteiger partial charge on any atom is -0.0195 e. The predicted octanol–water partition coefficient (Wildman–Crippen LogP) is 6.59. The largest absolute Gasteiger partial charge is 0.0622 e. The second kappa shape index (κ2) is 15.1. The maximum absolute atomic E-state index is 2.72. The Balaban J connectivity index is 0.00000111. The van der Waals surface area contributed by atoms with Crippen molar-refractivity contribution in [1.82, 2.24) is 0 Å². The van der Waals surface area contributed by atoms with Gasteiger partial charge in [0.15, 0.2) is 0 Å². The second-order valence-electron chi connectivity index (χ2n) is 6.65. The molecule has 0 aromatic heterocycles. The molecule has 0 radical (unpaired) electrons. The van der Waals surface area contributed by atoms with E-state index in [1.807, 2.05) is 19.5 Å². The molecular formula is C27H27IP2Pd. The molecule has 162 valence electrons. The molecule has 4 rings (SSSR count). The number of hydrogen-bond donors (Lipinski definition) is 0. The summed E-state index contributed by atoms with van der Waals surface area (Å²) in [6.45, 7) is 0. The van der Waals surface area contributed by atoms with Crippen LogP contribution in [0.2, 0.25) is 0 Å². The van der Waals surface area contributed by atoms with Crippen LogP contribution in [0.25, 0.3) is 0 Å². The van der Waals surface area contributed by atoms with Gasteiger partial charge in [0.25, 0.3) is 0 Å². The third kappa shape index (κ3) is 7.89. The van der Waals surface area contributed by atoms with Crippen LogP contribution in [0.5, 0.6) is 0 Å². The summed E-state index contributed by atoms with van der Waals surface area (Å²) in [6.07, 6.45) is 2.41. The fourth-order valence-electron chi connectivity index (χ4n) is 3.45. The van der Waals surface area contributed by atoms with Crippen LogP contribution in [-0.2, 0) is 15.6 Å². The van der Waals surface area contributed by atoms with Gasteiger partial charge >= 0.3 is 35.1 Å². The molecule has 0 amide bonds. The molecule has 0 aliphatic carbocycles. The van der Waals surface area contributed by atoms with Gasteiger partial charge in [-0.1, -0.05) is 121 Å². The first-order valence-electron chi connectivity index (χ1n) is 9.79. The van der Waals surface area contributed by atoms with Gasteiger partial charge in [0.2, 0.25) is 0 Å². The van der Waals surface area contributed by atoms with E-state index in [9.17, 15) is 0 Å². The molecule has 0 spiro atoms. The summed E-state index contributed by atoms with van der Waals surface area (Å²) in [5.41, 5.74) is 0. The van der Waals surface area contributed by atoms with Crippen LogP contribution < -0.4 is 21.2 Å². The molecule has 0 aliphatic rings. The summed E-state index contributed by atoms with van der Waals surface area (Å²) in [6, 6.07) is 44.2. The molecular weight excluding hydrogens is 620 g/mol. The molecule has 0 atom stereocenters. The van der Waals surface area contributed by atoms with E-state index < -0.39 is 0 Å². The summed E-state index contributed by atoms with van der Waals surface area (Å²) in [5.74, 6) is 0. The minimum absolute atomic E-state index is 0. The molecule has 0 heterocycles. The maximum atomic E-state index is 2.72. The van der Waals surface area contributed by atoms with Gasteiger partial charge in [0.05, 0.1) is 0 Å². The van der Waals surface area contributed by atoms with Crippen LogP contribution in [0.1, 0.15) is 0 Å². The first kappa shape index (κ1) is 26.4. The van der Waals surface area contributed by atoms with Crippen LogP contribution in [0.4, 0.5) is 0 Å². The Labute approximate surface area is 211 Å². The van der Waals surface area contributed by atoms with Crippen LogP contribution in [0, 0.1) is 7.43 Å². The van der Waals surface area contributed by atoms with Gasteiger partial charge < -0.3 is 7.43 Å². The predicted molar refractivity (Wildman–Crippen MR) is 148 cm³/mol. The molecule has 0 saturated heterocycles. The average Bonchev–Trinajstić information content (AvgIpc) is 2.85. The van der Waals surface area contributed by atoms with Gasteiger partial charge in [-0.25, -0.2) is 0 Å². The average molecular weight is 647 g/mol. The van der Waals surface area contributed by atoms with E-state index in [1.165, 1.54) is 33.5 Å². The molecule has 0 nitrogen and oxygen atoms in total. The van der Waals surface area contributed by atoms with E-state index in [0.29, 0.717) is 0 Å². The van der Waals surface area contributed by atoms with Gasteiger partial charge in [-0.05, 0) is 49.4 Å². The zero-order chi connectivity index (χ0) is 21.0. The zero-order valence-corrected chi connectivity index (χ0v) is 23.1. The van der Waals surface area contributed by atoms with Crippen molar-refractivity contribution in [2.45, 2.75) is 0 Å². The summed E-state index contributed by atoms with van der Waals surface area (Å²) >= 11 is 4.72. The Morgan fingerprint density at radius 2 is 0.613 bits per heavy atom. The summed E-state index contributed by atoms with van der Waals surface area (Å²) < 4.78 is 0. The minimum atomic E-state index is -0.348. The van der Waals surface area contributed by atoms with Crippen LogP contribution in [0.3, 0.4) is 0 Å². The fraction of sp³-hybridized carbons (Fsp3) is 0.0741. The van der Waals surface area contributed by atoms with Gasteiger partial charge in [0.1, 0.15) is 0 Å². The number of hydrogen-bond acceptors (Lipinski definition) is 0. The van der Waals surface area contributed by atoms with Crippen molar-refractivity contribution >= 4 is 56.6 Å². The SMILES string of the molecule is [CH3-].[Pd+][I].c1ccc(P(CCP(c2ccccc2)c2ccccc2)c2ccccc2)cc1. The van der Waals surface area contributed by atoms with E-state index in [1.54, 1.807) is 0 Å². The van der Waals surface area contributed by atoms with Crippen LogP contribution in [0.15, 0.2) is 121 Å². The summed E-state index contributed by atoms with van der Waals surface area (Å²) in [5, 5.41) is 5.89. The van der Waals surface area contributed by atoms with Gasteiger partial charge in [-0.15, -0.1) is 0 Å². The van der Waals surface area contributed by atoms with Crippen molar-refractivity contribution in [3.8, 4) is 0 Å². The monoisotopic (exact) mass is 646 g/mol. The zero-order valence-electron chi connectivity index (χ0n) is 17.5. The Kier molecular flexibility index (Phi) is 12.8. The molecule has 0 saturated carbocycles. The molecule has 0 fully saturated rings. The standard InChI is InChI=1S/C26H24P2.CH3.HI.Pd/c1-5-13-23(14-6-1)27(24-15-7-2-8-16-24)21-22-28(25-17-9-3-10-18-25)26-19-11-4-12-20-26;;;/h1-20H,21-22H2;1H3;1H;/q;-1;;+2/p-1. The molecule has 0 aliphatic heterocycles. The van der Waals surface area contributed by atoms with E-state index in [2.05, 4.69) is 137 Å². The summed E-state index contributed by atoms with van der Waals surface area (Å²) in [7, 11) is -0.696. The second-order valence-corrected chi connectivity index (χ2v) is 11.3. The number of benzene rings is 4. The minimum Gasteiger partial charge on any atom is -0.0622 e. The Hall–Kier alpha value is -0.868. The van der Waals surface area contributed by atoms with Crippen molar-refractivity contribution in [1.29, 1.82) is 0 Å². The van der Waals surface area contributed by atoms with Gasteiger partial charge in [0, 0.05) is 0 Å². The van der Waals surface area contributed by atoms with Gasteiger partial charge in [-0.3, -0.25) is 0 Å². The normalized spacial score (nSPS) is 10.2. The first-order valence-corrected chi connectivity index (χ1v) is 17.5. The Bertz CT molecular complexity index is 805. The Morgan fingerprint density at radius 1 is 0.419 bits per heavy atom. The van der Waals surface area contributed by atoms with Crippen LogP contribution in [-0.4, -0.2) is 12.3 Å². The van der Waals surface area contributed by atoms with E-state index in [4.69, 9.17) is 0 Å². The molecule has 0 N–H and O–H groups in total. The van der Waals surface area contributed by atoms with E-state index in [0.717, 1.165) is 0 Å². The third-order valence-electron chi connectivity index (χ3n) is 4.82. The van der Waals surface area contributed by atoms with Crippen molar-refractivity contribution in [2.75, 3.05) is 12.3 Å². The number of halogens is 1. The molecule has 4 aromatic rings. The molecule has 31 heavy (non-hydrogen) atoms. The van der Waals surface area contributed by atoms with Gasteiger partial charge in [-0.2, -0.15) is 0 Å². The van der Waals surface area contributed by atoms with Crippen molar-refractivity contribution in [3.05, 3.63) is 129 Å². The van der Waals surface area contributed by atoms with Crippen molar-refractivity contribution in [2.24, 2.45) is 0 Å². The van der Waals surface area contributed by atoms with Crippen molar-refractivity contribution < 1.29 is 15.6 Å². The molecule has 4 heteroatoms. The van der Waals surface area contributed by atoms with E-state index in [-0.39, 0.29) is 23.3 Å². The topological polar surface area (TPSA) is 0 Å². The van der Waals surface area contributed by atoms with Crippen LogP contribution >= 0.6 is 35.4 Å². The van der Waals surface area contributed by atoms with E-state index >= 15 is 0 Å². The smallest absolute Gasteiger partial charge is 0.0195 e. The van der Waals surface area contributed by atoms with Crippen molar-refractivity contribution in [3.63, 3.8) is 0 Å².